The van der Waals surface area contributed by atoms with Crippen LogP contribution in [0.5, 0.6) is 0 Å². The van der Waals surface area contributed by atoms with Crippen molar-refractivity contribution in [2.24, 2.45) is 0 Å². The van der Waals surface area contributed by atoms with Gasteiger partial charge in [-0.2, -0.15) is 0 Å². The molecular formula is C15H20N2O3. The van der Waals surface area contributed by atoms with E-state index in [4.69, 9.17) is 0 Å². The molecule has 1 aliphatic carbocycles. The molecule has 0 saturated heterocycles. The molecule has 0 bridgehead atoms. The highest BCUT2D eigenvalue weighted by molar-refractivity contribution is 5.94. The van der Waals surface area contributed by atoms with Crippen LogP contribution in [-0.4, -0.2) is 22.6 Å². The molecule has 1 aromatic rings. The SMILES string of the molecule is Cc1ccc(NC(=O)NC2(C(=O)O)CCCC2)c(C)c1. The number of amides is 2. The first-order valence-corrected chi connectivity index (χ1v) is 6.83. The van der Waals surface area contributed by atoms with Crippen molar-refractivity contribution in [3.8, 4) is 0 Å². The van der Waals surface area contributed by atoms with E-state index in [1.165, 1.54) is 0 Å². The Morgan fingerprint density at radius 2 is 1.85 bits per heavy atom. The fourth-order valence-corrected chi connectivity index (χ4v) is 2.70. The number of hydrogen-bond donors (Lipinski definition) is 3. The fraction of sp³-hybridized carbons (Fsp3) is 0.467. The average molecular weight is 276 g/mol. The van der Waals surface area contributed by atoms with Crippen molar-refractivity contribution >= 4 is 17.7 Å². The lowest BCUT2D eigenvalue weighted by molar-refractivity contribution is -0.144. The molecule has 1 aromatic carbocycles. The highest BCUT2D eigenvalue weighted by Gasteiger charge is 2.42. The van der Waals surface area contributed by atoms with Gasteiger partial charge < -0.3 is 15.7 Å². The molecular weight excluding hydrogens is 256 g/mol. The minimum atomic E-state index is -1.11. The molecule has 1 aliphatic rings. The number of anilines is 1. The highest BCUT2D eigenvalue weighted by atomic mass is 16.4. The number of aryl methyl sites for hydroxylation is 2. The third-order valence-electron chi connectivity index (χ3n) is 3.85. The van der Waals surface area contributed by atoms with Crippen LogP contribution in [0.1, 0.15) is 36.8 Å². The molecule has 20 heavy (non-hydrogen) atoms. The molecule has 108 valence electrons. The van der Waals surface area contributed by atoms with Gasteiger partial charge in [-0.25, -0.2) is 9.59 Å². The van der Waals surface area contributed by atoms with Crippen molar-refractivity contribution in [3.63, 3.8) is 0 Å². The Bertz CT molecular complexity index is 534. The molecule has 2 rings (SSSR count). The maximum Gasteiger partial charge on any atom is 0.329 e. The molecule has 1 saturated carbocycles. The van der Waals surface area contributed by atoms with Crippen LogP contribution in [0, 0.1) is 13.8 Å². The number of aliphatic carboxylic acids is 1. The zero-order chi connectivity index (χ0) is 14.8. The van der Waals surface area contributed by atoms with Crippen LogP contribution in [0.25, 0.3) is 0 Å². The maximum absolute atomic E-state index is 12.0. The molecule has 0 atom stereocenters. The molecule has 0 unspecified atom stereocenters. The highest BCUT2D eigenvalue weighted by Crippen LogP contribution is 2.30. The van der Waals surface area contributed by atoms with E-state index in [9.17, 15) is 14.7 Å². The van der Waals surface area contributed by atoms with E-state index in [0.717, 1.165) is 24.0 Å². The summed E-state index contributed by atoms with van der Waals surface area (Å²) >= 11 is 0. The first kappa shape index (κ1) is 14.4. The largest absolute Gasteiger partial charge is 0.480 e. The van der Waals surface area contributed by atoms with Crippen LogP contribution in [0.4, 0.5) is 10.5 Å². The second-order valence-corrected chi connectivity index (χ2v) is 5.49. The minimum Gasteiger partial charge on any atom is -0.480 e. The molecule has 5 heteroatoms. The van der Waals surface area contributed by atoms with Gasteiger partial charge in [0.15, 0.2) is 0 Å². The summed E-state index contributed by atoms with van der Waals surface area (Å²) in [6.07, 6.45) is 2.64. The van der Waals surface area contributed by atoms with Gasteiger partial charge in [0.2, 0.25) is 0 Å². The van der Waals surface area contributed by atoms with Crippen LogP contribution in [-0.2, 0) is 4.79 Å². The first-order valence-electron chi connectivity index (χ1n) is 6.83. The molecule has 5 nitrogen and oxygen atoms in total. The van der Waals surface area contributed by atoms with E-state index in [1.54, 1.807) is 0 Å². The lowest BCUT2D eigenvalue weighted by Crippen LogP contribution is -2.53. The van der Waals surface area contributed by atoms with Crippen molar-refractivity contribution in [3.05, 3.63) is 29.3 Å². The number of rotatable bonds is 3. The van der Waals surface area contributed by atoms with E-state index >= 15 is 0 Å². The van der Waals surface area contributed by atoms with Gasteiger partial charge in [-0.05, 0) is 38.3 Å². The van der Waals surface area contributed by atoms with Gasteiger partial charge in [-0.1, -0.05) is 30.5 Å². The number of carbonyl (C=O) groups is 2. The minimum absolute atomic E-state index is 0.457. The predicted octanol–water partition coefficient (Wildman–Crippen LogP) is 2.82. The first-order chi connectivity index (χ1) is 9.43. The second-order valence-electron chi connectivity index (χ2n) is 5.49. The van der Waals surface area contributed by atoms with E-state index in [2.05, 4.69) is 10.6 Å². The summed E-state index contributed by atoms with van der Waals surface area (Å²) in [5, 5.41) is 14.7. The van der Waals surface area contributed by atoms with Crippen molar-refractivity contribution in [2.45, 2.75) is 45.1 Å². The Balaban J connectivity index is 2.07. The fourth-order valence-electron chi connectivity index (χ4n) is 2.70. The van der Waals surface area contributed by atoms with Gasteiger partial charge in [0, 0.05) is 5.69 Å². The standard InChI is InChI=1S/C15H20N2O3/c1-10-5-6-12(11(2)9-10)16-14(20)17-15(13(18)19)7-3-4-8-15/h5-6,9H,3-4,7-8H2,1-2H3,(H,18,19)(H2,16,17,20). The third-order valence-corrected chi connectivity index (χ3v) is 3.85. The summed E-state index contributed by atoms with van der Waals surface area (Å²) in [5.74, 6) is -0.953. The zero-order valence-corrected chi connectivity index (χ0v) is 11.8. The van der Waals surface area contributed by atoms with Crippen LogP contribution in [0.2, 0.25) is 0 Å². The molecule has 0 aliphatic heterocycles. The van der Waals surface area contributed by atoms with Crippen LogP contribution in [0.3, 0.4) is 0 Å². The van der Waals surface area contributed by atoms with E-state index in [1.807, 2.05) is 32.0 Å². The Morgan fingerprint density at radius 1 is 1.20 bits per heavy atom. The van der Waals surface area contributed by atoms with Crippen LogP contribution in [0.15, 0.2) is 18.2 Å². The van der Waals surface area contributed by atoms with Gasteiger partial charge in [-0.3, -0.25) is 0 Å². The number of hydrogen-bond acceptors (Lipinski definition) is 2. The second kappa shape index (κ2) is 5.53. The number of nitrogens with one attached hydrogen (secondary N) is 2. The van der Waals surface area contributed by atoms with Crippen LogP contribution < -0.4 is 10.6 Å². The van der Waals surface area contributed by atoms with Gasteiger partial charge in [0.25, 0.3) is 0 Å². The molecule has 1 fully saturated rings. The van der Waals surface area contributed by atoms with Crippen molar-refractivity contribution in [1.29, 1.82) is 0 Å². The van der Waals surface area contributed by atoms with Crippen molar-refractivity contribution < 1.29 is 14.7 Å². The number of benzene rings is 1. The topological polar surface area (TPSA) is 78.4 Å². The Labute approximate surface area is 118 Å². The summed E-state index contributed by atoms with van der Waals surface area (Å²) < 4.78 is 0. The number of carbonyl (C=O) groups excluding carboxylic acids is 1. The smallest absolute Gasteiger partial charge is 0.329 e. The van der Waals surface area contributed by atoms with Gasteiger partial charge >= 0.3 is 12.0 Å². The molecule has 2 amide bonds. The Morgan fingerprint density at radius 3 is 2.40 bits per heavy atom. The number of carboxylic acid groups (broad SMARTS) is 1. The third kappa shape index (κ3) is 2.92. The number of carboxylic acids is 1. The normalized spacial score (nSPS) is 16.7. The lowest BCUT2D eigenvalue weighted by Gasteiger charge is -2.25. The van der Waals surface area contributed by atoms with Crippen molar-refractivity contribution in [1.82, 2.24) is 5.32 Å². The zero-order valence-electron chi connectivity index (χ0n) is 11.8. The Kier molecular flexibility index (Phi) is 3.97. The van der Waals surface area contributed by atoms with E-state index < -0.39 is 17.5 Å². The Hall–Kier alpha value is -2.04. The molecule has 0 radical (unpaired) electrons. The van der Waals surface area contributed by atoms with E-state index in [-0.39, 0.29) is 0 Å². The van der Waals surface area contributed by atoms with E-state index in [0.29, 0.717) is 18.5 Å². The van der Waals surface area contributed by atoms with Gasteiger partial charge in [-0.15, -0.1) is 0 Å². The van der Waals surface area contributed by atoms with Gasteiger partial charge in [0.1, 0.15) is 5.54 Å². The molecule has 0 heterocycles. The quantitative estimate of drug-likeness (QED) is 0.794. The molecule has 0 spiro atoms. The maximum atomic E-state index is 12.0. The average Bonchev–Trinajstić information content (AvgIpc) is 2.82. The number of urea groups is 1. The summed E-state index contributed by atoms with van der Waals surface area (Å²) in [6.45, 7) is 3.89. The predicted molar refractivity (Wildman–Crippen MR) is 76.9 cm³/mol. The summed E-state index contributed by atoms with van der Waals surface area (Å²) in [5.41, 5.74) is 1.66. The summed E-state index contributed by atoms with van der Waals surface area (Å²) in [7, 11) is 0. The van der Waals surface area contributed by atoms with Gasteiger partial charge in [0.05, 0.1) is 0 Å². The summed E-state index contributed by atoms with van der Waals surface area (Å²) in [4.78, 5) is 23.4. The van der Waals surface area contributed by atoms with Crippen LogP contribution >= 0.6 is 0 Å². The monoisotopic (exact) mass is 276 g/mol. The molecule has 0 aromatic heterocycles. The summed E-state index contributed by atoms with van der Waals surface area (Å²) in [6, 6.07) is 5.25. The van der Waals surface area contributed by atoms with Crippen molar-refractivity contribution in [2.75, 3.05) is 5.32 Å². The lowest BCUT2D eigenvalue weighted by atomic mass is 9.98. The molecule has 3 N–H and O–H groups in total.